The fraction of sp³-hybridized carbons (Fsp3) is 0.467. The zero-order valence-electron chi connectivity index (χ0n) is 12.2. The summed E-state index contributed by atoms with van der Waals surface area (Å²) in [7, 11) is 0. The summed E-state index contributed by atoms with van der Waals surface area (Å²) in [5.41, 5.74) is 3.86. The molecule has 0 saturated heterocycles. The molecule has 2 N–H and O–H groups in total. The smallest absolute Gasteiger partial charge is 0.350 e. The highest BCUT2D eigenvalue weighted by atomic mass is 35.5. The quantitative estimate of drug-likeness (QED) is 0.723. The first-order valence-electron chi connectivity index (χ1n) is 6.47. The average molecular weight is 279 g/mol. The molecular formula is C15H21ClN3+. The van der Waals surface area contributed by atoms with Crippen LogP contribution in [0.25, 0.3) is 0 Å². The Kier molecular flexibility index (Phi) is 3.38. The lowest BCUT2D eigenvalue weighted by molar-refractivity contribution is 0.316. The molecule has 2 heterocycles. The number of hydrogen-bond donors (Lipinski definition) is 2. The predicted octanol–water partition coefficient (Wildman–Crippen LogP) is 2.44. The van der Waals surface area contributed by atoms with Crippen LogP contribution in [0.3, 0.4) is 0 Å². The van der Waals surface area contributed by atoms with Crippen LogP contribution in [0, 0.1) is 5.41 Å². The molecule has 0 bridgehead atoms. The van der Waals surface area contributed by atoms with Crippen LogP contribution in [0.2, 0.25) is 0 Å². The van der Waals surface area contributed by atoms with Crippen molar-refractivity contribution in [2.24, 2.45) is 5.41 Å². The molecule has 0 radical (unpaired) electrons. The minimum atomic E-state index is 0.166. The van der Waals surface area contributed by atoms with E-state index in [1.807, 2.05) is 13.0 Å². The van der Waals surface area contributed by atoms with Gasteiger partial charge in [0.15, 0.2) is 0 Å². The van der Waals surface area contributed by atoms with Crippen LogP contribution in [0.15, 0.2) is 34.7 Å². The number of nitrogens with zero attached hydrogens (tertiary/aromatic N) is 1. The average Bonchev–Trinajstić information content (AvgIpc) is 2.56. The van der Waals surface area contributed by atoms with Crippen molar-refractivity contribution in [3.05, 3.63) is 34.7 Å². The van der Waals surface area contributed by atoms with Crippen LogP contribution in [0.4, 0.5) is 0 Å². The third-order valence-electron chi connectivity index (χ3n) is 3.65. The van der Waals surface area contributed by atoms with Gasteiger partial charge in [0.05, 0.1) is 16.8 Å². The van der Waals surface area contributed by atoms with Gasteiger partial charge in [0.2, 0.25) is 5.71 Å². The molecule has 0 aromatic carbocycles. The van der Waals surface area contributed by atoms with Crippen molar-refractivity contribution in [1.82, 2.24) is 15.3 Å². The number of dihydropyridines is 1. The minimum absolute atomic E-state index is 0.166. The minimum Gasteiger partial charge on any atom is -0.350 e. The van der Waals surface area contributed by atoms with Crippen LogP contribution < -0.4 is 15.3 Å². The van der Waals surface area contributed by atoms with Crippen molar-refractivity contribution in [2.75, 3.05) is 0 Å². The van der Waals surface area contributed by atoms with E-state index in [4.69, 9.17) is 11.6 Å². The predicted molar refractivity (Wildman–Crippen MR) is 83.1 cm³/mol. The van der Waals surface area contributed by atoms with Gasteiger partial charge >= 0.3 is 5.84 Å². The van der Waals surface area contributed by atoms with Gasteiger partial charge in [0, 0.05) is 12.3 Å². The number of allylic oxidation sites excluding steroid dienone is 2. The molecule has 0 aromatic rings. The van der Waals surface area contributed by atoms with E-state index in [9.17, 15) is 0 Å². The molecule has 2 aliphatic heterocycles. The molecule has 0 amide bonds. The van der Waals surface area contributed by atoms with E-state index < -0.39 is 0 Å². The van der Waals surface area contributed by atoms with Crippen molar-refractivity contribution in [3.63, 3.8) is 0 Å². The summed E-state index contributed by atoms with van der Waals surface area (Å²) in [4.78, 5) is 0. The van der Waals surface area contributed by atoms with Crippen LogP contribution >= 0.6 is 11.6 Å². The van der Waals surface area contributed by atoms with Crippen LogP contribution in [0.1, 0.15) is 34.6 Å². The van der Waals surface area contributed by atoms with Gasteiger partial charge in [-0.15, -0.1) is 0 Å². The van der Waals surface area contributed by atoms with E-state index in [2.05, 4.69) is 49.6 Å². The van der Waals surface area contributed by atoms with Gasteiger partial charge in [-0.3, -0.25) is 5.32 Å². The van der Waals surface area contributed by atoms with Gasteiger partial charge in [-0.2, -0.15) is 0 Å². The van der Waals surface area contributed by atoms with E-state index in [-0.39, 0.29) is 5.41 Å². The third-order valence-corrected chi connectivity index (χ3v) is 3.99. The van der Waals surface area contributed by atoms with Crippen molar-refractivity contribution in [3.8, 4) is 0 Å². The summed E-state index contributed by atoms with van der Waals surface area (Å²) in [6.07, 6.45) is 1.92. The van der Waals surface area contributed by atoms with Crippen LogP contribution in [0.5, 0.6) is 0 Å². The lowest BCUT2D eigenvalue weighted by Gasteiger charge is -2.24. The van der Waals surface area contributed by atoms with Crippen molar-refractivity contribution in [1.29, 1.82) is 0 Å². The van der Waals surface area contributed by atoms with Gasteiger partial charge in [-0.1, -0.05) is 39.0 Å². The largest absolute Gasteiger partial charge is 0.378 e. The summed E-state index contributed by atoms with van der Waals surface area (Å²) in [6.45, 7) is 14.6. The fourth-order valence-electron chi connectivity index (χ4n) is 1.85. The van der Waals surface area contributed by atoms with Crippen molar-refractivity contribution >= 4 is 23.1 Å². The Hall–Kier alpha value is -1.44. The summed E-state index contributed by atoms with van der Waals surface area (Å²) in [5.74, 6) is 0.882. The maximum atomic E-state index is 6.15. The molecule has 0 saturated carbocycles. The van der Waals surface area contributed by atoms with Gasteiger partial charge in [0.25, 0.3) is 0 Å². The monoisotopic (exact) mass is 278 g/mol. The van der Waals surface area contributed by atoms with Crippen LogP contribution in [-0.2, 0) is 0 Å². The van der Waals surface area contributed by atoms with Gasteiger partial charge < -0.3 is 5.32 Å². The SMILES string of the molecule is C=C1NC2=C(C=C1Cl)C(NC(C)C(C)(C)C)=[N+]=C2C. The Balaban J connectivity index is 2.30. The molecule has 0 aliphatic carbocycles. The van der Waals surface area contributed by atoms with Crippen LogP contribution in [-0.4, -0.2) is 17.6 Å². The lowest BCUT2D eigenvalue weighted by atomic mass is 9.88. The Morgan fingerprint density at radius 3 is 2.63 bits per heavy atom. The number of nitrogens with one attached hydrogen (secondary N) is 2. The summed E-state index contributed by atoms with van der Waals surface area (Å²) >= 11 is 6.15. The molecule has 19 heavy (non-hydrogen) atoms. The number of halogens is 1. The molecule has 0 spiro atoms. The van der Waals surface area contributed by atoms with Crippen molar-refractivity contribution < 1.29 is 0 Å². The Bertz CT molecular complexity index is 567. The topological polar surface area (TPSA) is 38.2 Å². The second-order valence-electron chi connectivity index (χ2n) is 6.16. The van der Waals surface area contributed by atoms with E-state index in [0.29, 0.717) is 11.1 Å². The van der Waals surface area contributed by atoms with Crippen molar-refractivity contribution in [2.45, 2.75) is 40.7 Å². The summed E-state index contributed by atoms with van der Waals surface area (Å²) < 4.78 is 4.60. The first-order chi connectivity index (χ1) is 8.70. The molecule has 2 rings (SSSR count). The van der Waals surface area contributed by atoms with Gasteiger partial charge in [-0.25, -0.2) is 4.67 Å². The summed E-state index contributed by atoms with van der Waals surface area (Å²) in [6, 6.07) is 0.309. The van der Waals surface area contributed by atoms with Gasteiger partial charge in [-0.05, 0) is 13.0 Å². The molecule has 102 valence electrons. The highest BCUT2D eigenvalue weighted by Crippen LogP contribution is 2.25. The molecule has 0 fully saturated rings. The normalized spacial score (nSPS) is 20.3. The Labute approximate surface area is 119 Å². The third kappa shape index (κ3) is 2.63. The standard InChI is InChI=1S/C15H20ClN3/c1-8-12(16)7-11-13(17-8)9(2)18-14(11)19-10(3)15(4,5)6/h7,10H,1H2,2-6H3,(H,17,19)/p+1. The first-order valence-corrected chi connectivity index (χ1v) is 6.85. The van der Waals surface area contributed by atoms with E-state index in [0.717, 1.165) is 28.5 Å². The molecule has 0 aromatic heterocycles. The number of hydrogen-bond acceptors (Lipinski definition) is 2. The zero-order valence-corrected chi connectivity index (χ0v) is 12.9. The fourth-order valence-corrected chi connectivity index (χ4v) is 2.01. The Morgan fingerprint density at radius 2 is 2.05 bits per heavy atom. The first kappa shape index (κ1) is 14.0. The molecule has 3 nitrogen and oxygen atoms in total. The maximum absolute atomic E-state index is 6.15. The van der Waals surface area contributed by atoms with E-state index in [1.165, 1.54) is 0 Å². The number of rotatable bonds is 1. The lowest BCUT2D eigenvalue weighted by Crippen LogP contribution is -2.42. The summed E-state index contributed by atoms with van der Waals surface area (Å²) in [5, 5.41) is 7.33. The molecule has 1 atom stereocenters. The second-order valence-corrected chi connectivity index (χ2v) is 6.57. The van der Waals surface area contributed by atoms with Gasteiger partial charge in [0.1, 0.15) is 11.3 Å². The van der Waals surface area contributed by atoms with E-state index in [1.54, 1.807) is 0 Å². The zero-order chi connectivity index (χ0) is 14.4. The maximum Gasteiger partial charge on any atom is 0.378 e. The van der Waals surface area contributed by atoms with E-state index >= 15 is 0 Å². The molecular weight excluding hydrogens is 258 g/mol. The number of amidine groups is 1. The molecule has 2 aliphatic rings. The highest BCUT2D eigenvalue weighted by Gasteiger charge is 2.35. The Morgan fingerprint density at radius 1 is 1.42 bits per heavy atom. The highest BCUT2D eigenvalue weighted by molar-refractivity contribution is 6.33. The molecule has 4 heteroatoms. The second kappa shape index (κ2) is 4.59. The molecule has 1 unspecified atom stereocenters.